The van der Waals surface area contributed by atoms with Crippen LogP contribution in [0.5, 0.6) is 0 Å². The maximum atomic E-state index is 13.3. The molecule has 0 bridgehead atoms. The van der Waals surface area contributed by atoms with Gasteiger partial charge in [0.2, 0.25) is 0 Å². The Bertz CT molecular complexity index is 1060. The molecule has 0 aliphatic rings. The summed E-state index contributed by atoms with van der Waals surface area (Å²) in [4.78, 5) is 23.9. The molecule has 4 nitrogen and oxygen atoms in total. The Labute approximate surface area is 164 Å². The number of nitrogens with zero attached hydrogens (tertiary/aromatic N) is 3. The van der Waals surface area contributed by atoms with Gasteiger partial charge in [0, 0.05) is 30.9 Å². The van der Waals surface area contributed by atoms with Crippen molar-refractivity contribution in [3.8, 4) is 0 Å². The first-order chi connectivity index (χ1) is 13.8. The zero-order chi connectivity index (χ0) is 19.2. The Hall–Kier alpha value is -3.53. The van der Waals surface area contributed by atoms with E-state index < -0.39 is 0 Å². The van der Waals surface area contributed by atoms with Crippen LogP contribution in [0.2, 0.25) is 0 Å². The second-order valence-corrected chi connectivity index (χ2v) is 6.71. The van der Waals surface area contributed by atoms with Gasteiger partial charge in [0.05, 0.1) is 5.52 Å². The first kappa shape index (κ1) is 17.9. The van der Waals surface area contributed by atoms with Crippen molar-refractivity contribution in [3.05, 3.63) is 108 Å². The van der Waals surface area contributed by atoms with Gasteiger partial charge in [-0.05, 0) is 35.7 Å². The van der Waals surface area contributed by atoms with Crippen LogP contribution in [-0.2, 0) is 13.0 Å². The SMILES string of the molecule is O=C(c1ccc2ccccc2n1)N(CCc1ccccc1)Cc1cccnc1. The standard InChI is InChI=1S/C24H21N3O/c28-24(23-13-12-21-10-4-5-11-22(21)26-23)27(18-20-9-6-15-25-17-20)16-14-19-7-2-1-3-8-19/h1-13,15,17H,14,16,18H2. The molecule has 0 radical (unpaired) electrons. The Morgan fingerprint density at radius 1 is 0.821 bits per heavy atom. The molecule has 0 saturated carbocycles. The van der Waals surface area contributed by atoms with Gasteiger partial charge in [-0.25, -0.2) is 4.98 Å². The van der Waals surface area contributed by atoms with E-state index in [1.54, 1.807) is 12.4 Å². The van der Waals surface area contributed by atoms with E-state index in [0.29, 0.717) is 18.8 Å². The van der Waals surface area contributed by atoms with E-state index in [9.17, 15) is 4.79 Å². The molecule has 138 valence electrons. The van der Waals surface area contributed by atoms with E-state index in [1.165, 1.54) is 5.56 Å². The molecular weight excluding hydrogens is 346 g/mol. The summed E-state index contributed by atoms with van der Waals surface area (Å²) in [6.07, 6.45) is 4.33. The van der Waals surface area contributed by atoms with Crippen molar-refractivity contribution in [3.63, 3.8) is 0 Å². The third-order valence-corrected chi connectivity index (χ3v) is 4.71. The second kappa shape index (κ2) is 8.44. The molecule has 4 rings (SSSR count). The molecule has 2 heterocycles. The topological polar surface area (TPSA) is 46.1 Å². The quantitative estimate of drug-likeness (QED) is 0.503. The molecule has 4 heteroatoms. The minimum Gasteiger partial charge on any atom is -0.333 e. The molecule has 0 unspecified atom stereocenters. The molecule has 0 spiro atoms. The Morgan fingerprint density at radius 3 is 2.43 bits per heavy atom. The van der Waals surface area contributed by atoms with Gasteiger partial charge in [-0.15, -0.1) is 0 Å². The summed E-state index contributed by atoms with van der Waals surface area (Å²) in [5.41, 5.74) is 3.51. The number of hydrogen-bond acceptors (Lipinski definition) is 3. The number of hydrogen-bond donors (Lipinski definition) is 0. The summed E-state index contributed by atoms with van der Waals surface area (Å²) in [5.74, 6) is -0.0643. The van der Waals surface area contributed by atoms with Gasteiger partial charge < -0.3 is 4.90 Å². The molecule has 0 saturated heterocycles. The van der Waals surface area contributed by atoms with Crippen LogP contribution in [0.4, 0.5) is 0 Å². The van der Waals surface area contributed by atoms with Gasteiger partial charge in [0.25, 0.3) is 5.91 Å². The maximum absolute atomic E-state index is 13.3. The molecule has 0 N–H and O–H groups in total. The van der Waals surface area contributed by atoms with Gasteiger partial charge in [0.15, 0.2) is 0 Å². The summed E-state index contributed by atoms with van der Waals surface area (Å²) in [6, 6.07) is 25.7. The number of amides is 1. The number of fused-ring (bicyclic) bond motifs is 1. The molecule has 1 amide bonds. The minimum atomic E-state index is -0.0643. The molecule has 2 aromatic heterocycles. The molecule has 28 heavy (non-hydrogen) atoms. The smallest absolute Gasteiger partial charge is 0.272 e. The van der Waals surface area contributed by atoms with Crippen molar-refractivity contribution in [2.24, 2.45) is 0 Å². The third kappa shape index (κ3) is 4.23. The largest absolute Gasteiger partial charge is 0.333 e. The lowest BCUT2D eigenvalue weighted by molar-refractivity contribution is 0.0739. The van der Waals surface area contributed by atoms with Crippen molar-refractivity contribution in [1.82, 2.24) is 14.9 Å². The van der Waals surface area contributed by atoms with Crippen molar-refractivity contribution >= 4 is 16.8 Å². The Balaban J connectivity index is 1.59. The summed E-state index contributed by atoms with van der Waals surface area (Å²) < 4.78 is 0. The number of carbonyl (C=O) groups is 1. The minimum absolute atomic E-state index is 0.0643. The number of rotatable bonds is 6. The second-order valence-electron chi connectivity index (χ2n) is 6.71. The first-order valence-electron chi connectivity index (χ1n) is 9.37. The van der Waals surface area contributed by atoms with E-state index in [0.717, 1.165) is 22.9 Å². The van der Waals surface area contributed by atoms with Crippen LogP contribution in [0.3, 0.4) is 0 Å². The van der Waals surface area contributed by atoms with Crippen LogP contribution in [0.1, 0.15) is 21.6 Å². The lowest BCUT2D eigenvalue weighted by Gasteiger charge is -2.22. The number of carbonyl (C=O) groups excluding carboxylic acids is 1. The molecule has 0 fully saturated rings. The van der Waals surface area contributed by atoms with E-state index in [1.807, 2.05) is 71.6 Å². The van der Waals surface area contributed by atoms with Crippen LogP contribution in [0, 0.1) is 0 Å². The first-order valence-corrected chi connectivity index (χ1v) is 9.37. The monoisotopic (exact) mass is 367 g/mol. The highest BCUT2D eigenvalue weighted by Gasteiger charge is 2.18. The van der Waals surface area contributed by atoms with Gasteiger partial charge >= 0.3 is 0 Å². The molecule has 0 atom stereocenters. The zero-order valence-corrected chi connectivity index (χ0v) is 15.5. The van der Waals surface area contributed by atoms with E-state index in [4.69, 9.17) is 0 Å². The lowest BCUT2D eigenvalue weighted by atomic mass is 10.1. The normalized spacial score (nSPS) is 10.7. The van der Waals surface area contributed by atoms with Gasteiger partial charge in [-0.3, -0.25) is 9.78 Å². The van der Waals surface area contributed by atoms with Crippen LogP contribution < -0.4 is 0 Å². The van der Waals surface area contributed by atoms with Gasteiger partial charge in [-0.1, -0.05) is 60.7 Å². The molecular formula is C24H21N3O. The van der Waals surface area contributed by atoms with Crippen LogP contribution in [0.25, 0.3) is 10.9 Å². The average Bonchev–Trinajstić information content (AvgIpc) is 2.77. The average molecular weight is 367 g/mol. The maximum Gasteiger partial charge on any atom is 0.272 e. The van der Waals surface area contributed by atoms with Gasteiger partial charge in [0.1, 0.15) is 5.69 Å². The molecule has 2 aromatic carbocycles. The fourth-order valence-corrected chi connectivity index (χ4v) is 3.22. The van der Waals surface area contributed by atoms with Gasteiger partial charge in [-0.2, -0.15) is 0 Å². The van der Waals surface area contributed by atoms with Crippen molar-refractivity contribution in [1.29, 1.82) is 0 Å². The van der Waals surface area contributed by atoms with E-state index >= 15 is 0 Å². The molecule has 0 aliphatic heterocycles. The lowest BCUT2D eigenvalue weighted by Crippen LogP contribution is -2.33. The number of pyridine rings is 2. The fourth-order valence-electron chi connectivity index (χ4n) is 3.22. The summed E-state index contributed by atoms with van der Waals surface area (Å²) in [7, 11) is 0. The van der Waals surface area contributed by atoms with Crippen molar-refractivity contribution < 1.29 is 4.79 Å². The predicted molar refractivity (Wildman–Crippen MR) is 111 cm³/mol. The van der Waals surface area contributed by atoms with Crippen molar-refractivity contribution in [2.75, 3.05) is 6.54 Å². The highest BCUT2D eigenvalue weighted by molar-refractivity contribution is 5.94. The summed E-state index contributed by atoms with van der Waals surface area (Å²) in [5, 5.41) is 1.03. The Morgan fingerprint density at radius 2 is 1.61 bits per heavy atom. The summed E-state index contributed by atoms with van der Waals surface area (Å²) >= 11 is 0. The van der Waals surface area contributed by atoms with Crippen molar-refractivity contribution in [2.45, 2.75) is 13.0 Å². The predicted octanol–water partition coefficient (Wildman–Crippen LogP) is 4.51. The number of aromatic nitrogens is 2. The number of para-hydroxylation sites is 1. The highest BCUT2D eigenvalue weighted by atomic mass is 16.2. The van der Waals surface area contributed by atoms with Crippen LogP contribution in [0.15, 0.2) is 91.3 Å². The fraction of sp³-hybridized carbons (Fsp3) is 0.125. The van der Waals surface area contributed by atoms with Crippen LogP contribution >= 0.6 is 0 Å². The molecule has 0 aliphatic carbocycles. The zero-order valence-electron chi connectivity index (χ0n) is 15.5. The number of benzene rings is 2. The van der Waals surface area contributed by atoms with E-state index in [2.05, 4.69) is 22.1 Å². The molecule has 4 aromatic rings. The summed E-state index contributed by atoms with van der Waals surface area (Å²) in [6.45, 7) is 1.13. The Kier molecular flexibility index (Phi) is 5.38. The highest BCUT2D eigenvalue weighted by Crippen LogP contribution is 2.15. The van der Waals surface area contributed by atoms with Crippen LogP contribution in [-0.4, -0.2) is 27.3 Å². The third-order valence-electron chi connectivity index (χ3n) is 4.71. The van der Waals surface area contributed by atoms with E-state index in [-0.39, 0.29) is 5.91 Å².